The Morgan fingerprint density at radius 3 is 2.48 bits per heavy atom. The van der Waals surface area contributed by atoms with Gasteiger partial charge in [0.2, 0.25) is 0 Å². The lowest BCUT2D eigenvalue weighted by Gasteiger charge is -2.12. The number of nitrogens with zero attached hydrogens (tertiary/aromatic N) is 1. The van der Waals surface area contributed by atoms with Crippen molar-refractivity contribution in [2.75, 3.05) is 0 Å². The maximum absolute atomic E-state index is 6.33. The highest BCUT2D eigenvalue weighted by Gasteiger charge is 2.09. The molecule has 3 aromatic rings. The number of hydrogen-bond acceptors (Lipinski definition) is 1. The van der Waals surface area contributed by atoms with Crippen molar-refractivity contribution in [1.82, 2.24) is 9.88 Å². The number of halogens is 2. The van der Waals surface area contributed by atoms with Gasteiger partial charge in [-0.05, 0) is 36.8 Å². The van der Waals surface area contributed by atoms with E-state index in [1.807, 2.05) is 24.4 Å². The molecular formula is C19H18Cl2N2. The van der Waals surface area contributed by atoms with Gasteiger partial charge in [0.25, 0.3) is 0 Å². The van der Waals surface area contributed by atoms with E-state index in [1.165, 1.54) is 11.1 Å². The number of rotatable bonds is 5. The number of aromatic nitrogens is 1. The molecule has 0 saturated carbocycles. The summed E-state index contributed by atoms with van der Waals surface area (Å²) in [4.78, 5) is 0. The molecule has 1 heterocycles. The fraction of sp³-hybridized carbons (Fsp3) is 0.158. The zero-order valence-corrected chi connectivity index (χ0v) is 14.4. The van der Waals surface area contributed by atoms with Crippen molar-refractivity contribution >= 4 is 23.2 Å². The summed E-state index contributed by atoms with van der Waals surface area (Å²) in [6, 6.07) is 18.3. The van der Waals surface area contributed by atoms with E-state index in [4.69, 9.17) is 23.2 Å². The van der Waals surface area contributed by atoms with Crippen LogP contribution in [0.15, 0.2) is 60.8 Å². The molecule has 0 amide bonds. The van der Waals surface area contributed by atoms with Crippen LogP contribution in [0.1, 0.15) is 16.8 Å². The van der Waals surface area contributed by atoms with Gasteiger partial charge in [-0.2, -0.15) is 0 Å². The van der Waals surface area contributed by atoms with Crippen molar-refractivity contribution in [3.05, 3.63) is 87.7 Å². The summed E-state index contributed by atoms with van der Waals surface area (Å²) in [6.45, 7) is 3.68. The SMILES string of the molecule is Cc1ccc(CNCc2cccn2-c2cccc(Cl)c2Cl)cc1. The van der Waals surface area contributed by atoms with E-state index in [9.17, 15) is 0 Å². The molecule has 0 bridgehead atoms. The lowest BCUT2D eigenvalue weighted by atomic mass is 10.1. The number of benzene rings is 2. The molecule has 0 aliphatic heterocycles. The summed E-state index contributed by atoms with van der Waals surface area (Å²) in [5.74, 6) is 0. The zero-order valence-electron chi connectivity index (χ0n) is 12.9. The van der Waals surface area contributed by atoms with E-state index in [2.05, 4.69) is 47.1 Å². The average molecular weight is 345 g/mol. The smallest absolute Gasteiger partial charge is 0.0832 e. The van der Waals surface area contributed by atoms with Crippen LogP contribution in [0.2, 0.25) is 10.0 Å². The van der Waals surface area contributed by atoms with E-state index in [0.29, 0.717) is 10.0 Å². The molecule has 0 aliphatic rings. The zero-order chi connectivity index (χ0) is 16.2. The number of nitrogens with one attached hydrogen (secondary N) is 1. The fourth-order valence-corrected chi connectivity index (χ4v) is 2.90. The molecule has 3 rings (SSSR count). The third-order valence-corrected chi connectivity index (χ3v) is 4.59. The van der Waals surface area contributed by atoms with Crippen LogP contribution in [0.4, 0.5) is 0 Å². The summed E-state index contributed by atoms with van der Waals surface area (Å²) >= 11 is 12.4. The molecule has 23 heavy (non-hydrogen) atoms. The molecule has 0 unspecified atom stereocenters. The molecular weight excluding hydrogens is 327 g/mol. The van der Waals surface area contributed by atoms with Gasteiger partial charge in [0.05, 0.1) is 15.7 Å². The molecule has 0 radical (unpaired) electrons. The molecule has 118 valence electrons. The molecule has 1 aromatic heterocycles. The second-order valence-electron chi connectivity index (χ2n) is 5.53. The highest BCUT2D eigenvalue weighted by Crippen LogP contribution is 2.29. The van der Waals surface area contributed by atoms with E-state index >= 15 is 0 Å². The molecule has 4 heteroatoms. The Kier molecular flexibility index (Phi) is 5.06. The summed E-state index contributed by atoms with van der Waals surface area (Å²) in [5, 5.41) is 4.61. The van der Waals surface area contributed by atoms with Crippen molar-refractivity contribution in [3.63, 3.8) is 0 Å². The molecule has 0 spiro atoms. The summed E-state index contributed by atoms with van der Waals surface area (Å²) in [6.07, 6.45) is 2.00. The van der Waals surface area contributed by atoms with Crippen LogP contribution < -0.4 is 5.32 Å². The van der Waals surface area contributed by atoms with E-state index in [0.717, 1.165) is 24.5 Å². The Balaban J connectivity index is 1.71. The van der Waals surface area contributed by atoms with E-state index in [-0.39, 0.29) is 0 Å². The van der Waals surface area contributed by atoms with E-state index in [1.54, 1.807) is 6.07 Å². The molecule has 0 atom stereocenters. The van der Waals surface area contributed by atoms with Crippen LogP contribution in [-0.2, 0) is 13.1 Å². The van der Waals surface area contributed by atoms with Crippen LogP contribution in [0.5, 0.6) is 0 Å². The normalized spacial score (nSPS) is 10.9. The first kappa shape index (κ1) is 16.1. The molecule has 0 aliphatic carbocycles. The Morgan fingerprint density at radius 1 is 0.913 bits per heavy atom. The predicted octanol–water partition coefficient (Wildman–Crippen LogP) is 5.38. The molecule has 2 aromatic carbocycles. The fourth-order valence-electron chi connectivity index (χ4n) is 2.51. The summed E-state index contributed by atoms with van der Waals surface area (Å²) in [5.41, 5.74) is 4.59. The minimum absolute atomic E-state index is 0.566. The van der Waals surface area contributed by atoms with Crippen LogP contribution in [0, 0.1) is 6.92 Å². The Labute approximate surface area is 146 Å². The molecule has 0 fully saturated rings. The van der Waals surface area contributed by atoms with Gasteiger partial charge in [0, 0.05) is 25.0 Å². The number of hydrogen-bond donors (Lipinski definition) is 1. The van der Waals surface area contributed by atoms with Crippen LogP contribution in [-0.4, -0.2) is 4.57 Å². The first-order valence-electron chi connectivity index (χ1n) is 7.52. The monoisotopic (exact) mass is 344 g/mol. The van der Waals surface area contributed by atoms with Gasteiger partial charge < -0.3 is 9.88 Å². The number of aryl methyl sites for hydroxylation is 1. The third kappa shape index (κ3) is 3.78. The molecule has 2 nitrogen and oxygen atoms in total. The van der Waals surface area contributed by atoms with Crippen molar-refractivity contribution in [3.8, 4) is 5.69 Å². The van der Waals surface area contributed by atoms with Gasteiger partial charge >= 0.3 is 0 Å². The van der Waals surface area contributed by atoms with Gasteiger partial charge in [-0.3, -0.25) is 0 Å². The second-order valence-corrected chi connectivity index (χ2v) is 6.32. The average Bonchev–Trinajstić information content (AvgIpc) is 3.00. The minimum atomic E-state index is 0.566. The topological polar surface area (TPSA) is 17.0 Å². The Bertz CT molecular complexity index is 791. The van der Waals surface area contributed by atoms with Crippen molar-refractivity contribution in [1.29, 1.82) is 0 Å². The first-order chi connectivity index (χ1) is 11.1. The van der Waals surface area contributed by atoms with Gasteiger partial charge in [-0.1, -0.05) is 59.1 Å². The Morgan fingerprint density at radius 2 is 1.70 bits per heavy atom. The van der Waals surface area contributed by atoms with Gasteiger partial charge in [0.1, 0.15) is 0 Å². The highest BCUT2D eigenvalue weighted by molar-refractivity contribution is 6.43. The summed E-state index contributed by atoms with van der Waals surface area (Å²) < 4.78 is 2.07. The van der Waals surface area contributed by atoms with Crippen molar-refractivity contribution in [2.45, 2.75) is 20.0 Å². The standard InChI is InChI=1S/C19H18Cl2N2/c1-14-7-9-15(10-8-14)12-22-13-16-4-3-11-23(16)18-6-2-5-17(20)19(18)21/h2-11,22H,12-13H2,1H3. The second kappa shape index (κ2) is 7.22. The van der Waals surface area contributed by atoms with Gasteiger partial charge in [-0.25, -0.2) is 0 Å². The minimum Gasteiger partial charge on any atom is -0.318 e. The predicted molar refractivity (Wildman–Crippen MR) is 97.5 cm³/mol. The van der Waals surface area contributed by atoms with Gasteiger partial charge in [0.15, 0.2) is 0 Å². The van der Waals surface area contributed by atoms with Crippen LogP contribution in [0.25, 0.3) is 5.69 Å². The highest BCUT2D eigenvalue weighted by atomic mass is 35.5. The lowest BCUT2D eigenvalue weighted by Crippen LogP contribution is -2.15. The third-order valence-electron chi connectivity index (χ3n) is 3.78. The quantitative estimate of drug-likeness (QED) is 0.657. The largest absolute Gasteiger partial charge is 0.318 e. The van der Waals surface area contributed by atoms with Crippen molar-refractivity contribution < 1.29 is 0 Å². The maximum atomic E-state index is 6.33. The maximum Gasteiger partial charge on any atom is 0.0832 e. The lowest BCUT2D eigenvalue weighted by molar-refractivity contribution is 0.669. The van der Waals surface area contributed by atoms with Crippen molar-refractivity contribution in [2.24, 2.45) is 0 Å². The first-order valence-corrected chi connectivity index (χ1v) is 8.27. The van der Waals surface area contributed by atoms with Crippen LogP contribution in [0.3, 0.4) is 0 Å². The Hall–Kier alpha value is -1.74. The van der Waals surface area contributed by atoms with Gasteiger partial charge in [-0.15, -0.1) is 0 Å². The molecule has 1 N–H and O–H groups in total. The van der Waals surface area contributed by atoms with E-state index < -0.39 is 0 Å². The van der Waals surface area contributed by atoms with Crippen LogP contribution >= 0.6 is 23.2 Å². The molecule has 0 saturated heterocycles. The summed E-state index contributed by atoms with van der Waals surface area (Å²) in [7, 11) is 0.